The zero-order valence-corrected chi connectivity index (χ0v) is 20.3. The molecule has 0 aliphatic heterocycles. The number of aromatic hydroxyl groups is 1. The lowest BCUT2D eigenvalue weighted by Gasteiger charge is -2.14. The normalized spacial score (nSPS) is 11.4. The smallest absolute Gasteiger partial charge is 0.241 e. The third-order valence-corrected chi connectivity index (χ3v) is 5.54. The van der Waals surface area contributed by atoms with Crippen LogP contribution in [-0.4, -0.2) is 42.0 Å². The molecule has 6 N–H and O–H groups in total. The number of benzene rings is 3. The summed E-state index contributed by atoms with van der Waals surface area (Å²) in [4.78, 5) is 21.3. The van der Waals surface area contributed by atoms with Crippen LogP contribution in [0.25, 0.3) is 0 Å². The van der Waals surface area contributed by atoms with E-state index in [4.69, 9.17) is 18.3 Å². The fraction of sp³-hybridized carbons (Fsp3) is 0.148. The van der Waals surface area contributed by atoms with Crippen molar-refractivity contribution in [1.29, 1.82) is 0 Å². The van der Waals surface area contributed by atoms with Crippen molar-refractivity contribution in [2.45, 2.75) is 19.0 Å². The average Bonchev–Trinajstić information content (AvgIpc) is 2.90. The van der Waals surface area contributed by atoms with Gasteiger partial charge in [-0.25, -0.2) is 4.98 Å². The summed E-state index contributed by atoms with van der Waals surface area (Å²) in [6.45, 7) is 0.405. The highest BCUT2D eigenvalue weighted by Gasteiger charge is 2.14. The molecule has 0 aliphatic rings. The van der Waals surface area contributed by atoms with Crippen molar-refractivity contribution in [1.82, 2.24) is 9.97 Å². The molecular formula is C27H27BN6O3. The van der Waals surface area contributed by atoms with Crippen molar-refractivity contribution in [3.63, 3.8) is 0 Å². The molecule has 4 aromatic rings. The molecule has 0 aliphatic carbocycles. The molecule has 37 heavy (non-hydrogen) atoms. The molecule has 4 rings (SSSR count). The van der Waals surface area contributed by atoms with Crippen molar-refractivity contribution in [2.75, 3.05) is 23.1 Å². The van der Waals surface area contributed by atoms with Gasteiger partial charge in [-0.15, -0.1) is 0 Å². The van der Waals surface area contributed by atoms with E-state index in [2.05, 4.69) is 25.9 Å². The van der Waals surface area contributed by atoms with Crippen molar-refractivity contribution in [3.8, 4) is 11.5 Å². The van der Waals surface area contributed by atoms with Crippen LogP contribution in [0.4, 0.5) is 23.1 Å². The van der Waals surface area contributed by atoms with Crippen LogP contribution in [0.1, 0.15) is 11.1 Å². The van der Waals surface area contributed by atoms with Gasteiger partial charge in [0.1, 0.15) is 13.7 Å². The SMILES string of the molecule is [B]c1cnc(Nc2cccc(NC(=O)C(N)Cc3ccccc3)c2)nc1NCc1ccc(O)c(OC)c1. The van der Waals surface area contributed by atoms with Crippen molar-refractivity contribution in [3.05, 3.63) is 90.1 Å². The molecule has 0 saturated carbocycles. The summed E-state index contributed by atoms with van der Waals surface area (Å²) in [5.41, 5.74) is 9.61. The summed E-state index contributed by atoms with van der Waals surface area (Å²) >= 11 is 0. The number of methoxy groups -OCH3 is 1. The van der Waals surface area contributed by atoms with E-state index in [0.717, 1.165) is 11.1 Å². The van der Waals surface area contributed by atoms with Crippen LogP contribution in [0.5, 0.6) is 11.5 Å². The number of anilines is 4. The number of aromatic nitrogens is 2. The molecule has 3 aromatic carbocycles. The van der Waals surface area contributed by atoms with Crippen LogP contribution in [-0.2, 0) is 17.8 Å². The predicted octanol–water partition coefficient (Wildman–Crippen LogP) is 2.85. The summed E-state index contributed by atoms with van der Waals surface area (Å²) in [5.74, 6) is 0.938. The zero-order valence-electron chi connectivity index (χ0n) is 20.3. The number of rotatable bonds is 10. The van der Waals surface area contributed by atoms with E-state index in [1.54, 1.807) is 36.4 Å². The summed E-state index contributed by atoms with van der Waals surface area (Å²) in [7, 11) is 7.54. The quantitative estimate of drug-likeness (QED) is 0.213. The molecule has 0 spiro atoms. The fourth-order valence-electron chi connectivity index (χ4n) is 3.61. The second-order valence-electron chi connectivity index (χ2n) is 8.35. The number of carbonyl (C=O) groups is 1. The Bertz CT molecular complexity index is 1370. The van der Waals surface area contributed by atoms with Gasteiger partial charge in [0.2, 0.25) is 11.9 Å². The number of hydrogen-bond acceptors (Lipinski definition) is 8. The van der Waals surface area contributed by atoms with E-state index in [9.17, 15) is 9.90 Å². The monoisotopic (exact) mass is 494 g/mol. The van der Waals surface area contributed by atoms with Crippen molar-refractivity contribution in [2.24, 2.45) is 5.73 Å². The van der Waals surface area contributed by atoms with E-state index in [0.29, 0.717) is 47.3 Å². The first-order chi connectivity index (χ1) is 17.9. The first-order valence-corrected chi connectivity index (χ1v) is 11.6. The summed E-state index contributed by atoms with van der Waals surface area (Å²) in [6, 6.07) is 21.2. The van der Waals surface area contributed by atoms with Gasteiger partial charge in [0.25, 0.3) is 0 Å². The van der Waals surface area contributed by atoms with Crippen LogP contribution in [0.15, 0.2) is 79.0 Å². The summed E-state index contributed by atoms with van der Waals surface area (Å²) in [5, 5.41) is 18.9. The van der Waals surface area contributed by atoms with Gasteiger partial charge in [0.15, 0.2) is 11.5 Å². The number of phenols is 1. The largest absolute Gasteiger partial charge is 0.504 e. The minimum absolute atomic E-state index is 0.0656. The number of nitrogens with one attached hydrogen (secondary N) is 3. The zero-order chi connectivity index (χ0) is 26.2. The minimum atomic E-state index is -0.679. The summed E-state index contributed by atoms with van der Waals surface area (Å²) in [6.07, 6.45) is 1.94. The number of nitrogens with two attached hydrogens (primary N) is 1. The lowest BCUT2D eigenvalue weighted by molar-refractivity contribution is -0.117. The fourth-order valence-corrected chi connectivity index (χ4v) is 3.61. The van der Waals surface area contributed by atoms with Gasteiger partial charge >= 0.3 is 0 Å². The maximum absolute atomic E-state index is 12.6. The summed E-state index contributed by atoms with van der Waals surface area (Å²) < 4.78 is 5.15. The van der Waals surface area contributed by atoms with E-state index >= 15 is 0 Å². The molecule has 186 valence electrons. The average molecular weight is 494 g/mol. The highest BCUT2D eigenvalue weighted by Crippen LogP contribution is 2.26. The third kappa shape index (κ3) is 6.99. The Morgan fingerprint density at radius 1 is 1.05 bits per heavy atom. The molecule has 2 radical (unpaired) electrons. The van der Waals surface area contributed by atoms with E-state index < -0.39 is 6.04 Å². The van der Waals surface area contributed by atoms with Crippen LogP contribution >= 0.6 is 0 Å². The van der Waals surface area contributed by atoms with Crippen LogP contribution < -0.4 is 31.9 Å². The minimum Gasteiger partial charge on any atom is -0.504 e. The van der Waals surface area contributed by atoms with Gasteiger partial charge < -0.3 is 31.5 Å². The molecule has 0 saturated heterocycles. The van der Waals surface area contributed by atoms with E-state index in [-0.39, 0.29) is 11.7 Å². The Kier molecular flexibility index (Phi) is 8.22. The molecule has 1 unspecified atom stereocenters. The maximum Gasteiger partial charge on any atom is 0.241 e. The number of phenolic OH excluding ortho intramolecular Hbond substituents is 1. The van der Waals surface area contributed by atoms with Gasteiger partial charge in [0, 0.05) is 24.1 Å². The molecule has 1 atom stereocenters. The van der Waals surface area contributed by atoms with Crippen LogP contribution in [0.2, 0.25) is 0 Å². The Labute approximate surface area is 216 Å². The Morgan fingerprint density at radius 2 is 1.84 bits per heavy atom. The first-order valence-electron chi connectivity index (χ1n) is 11.6. The van der Waals surface area contributed by atoms with Gasteiger partial charge in [-0.2, -0.15) is 4.98 Å². The Balaban J connectivity index is 1.39. The number of amides is 1. The highest BCUT2D eigenvalue weighted by atomic mass is 16.5. The third-order valence-electron chi connectivity index (χ3n) is 5.54. The van der Waals surface area contributed by atoms with Crippen LogP contribution in [0, 0.1) is 0 Å². The topological polar surface area (TPSA) is 134 Å². The number of carbonyl (C=O) groups excluding carboxylic acids is 1. The van der Waals surface area contributed by atoms with E-state index in [1.165, 1.54) is 13.3 Å². The lowest BCUT2D eigenvalue weighted by Crippen LogP contribution is -2.37. The van der Waals surface area contributed by atoms with Gasteiger partial charge in [0.05, 0.1) is 13.2 Å². The van der Waals surface area contributed by atoms with Gasteiger partial charge in [-0.3, -0.25) is 4.79 Å². The van der Waals surface area contributed by atoms with Gasteiger partial charge in [-0.1, -0.05) is 42.5 Å². The van der Waals surface area contributed by atoms with Crippen molar-refractivity contribution >= 4 is 42.4 Å². The number of hydrogen-bond donors (Lipinski definition) is 5. The number of nitrogens with zero attached hydrogens (tertiary/aromatic N) is 2. The van der Waals surface area contributed by atoms with Crippen molar-refractivity contribution < 1.29 is 14.6 Å². The maximum atomic E-state index is 12.6. The second kappa shape index (κ2) is 11.9. The lowest BCUT2D eigenvalue weighted by atomic mass is 9.99. The van der Waals surface area contributed by atoms with E-state index in [1.807, 2.05) is 36.4 Å². The molecule has 0 fully saturated rings. The first kappa shape index (κ1) is 25.5. The van der Waals surface area contributed by atoms with Crippen LogP contribution in [0.3, 0.4) is 0 Å². The molecule has 9 nitrogen and oxygen atoms in total. The number of ether oxygens (including phenoxy) is 1. The standard InChI is InChI=1S/C27H27BN6O3/c1-37-24-13-18(10-11-23(24)35)15-30-25-21(28)16-31-27(34-25)33-20-9-5-8-19(14-20)32-26(36)22(29)12-17-6-3-2-4-7-17/h2-11,13-14,16,22,35H,12,15,29H2,1H3,(H,32,36)(H2,30,31,33,34). The highest BCUT2D eigenvalue weighted by molar-refractivity contribution is 6.35. The Hall–Kier alpha value is -4.57. The Morgan fingerprint density at radius 3 is 2.62 bits per heavy atom. The molecule has 1 aromatic heterocycles. The molecule has 0 bridgehead atoms. The second-order valence-corrected chi connectivity index (χ2v) is 8.35. The van der Waals surface area contributed by atoms with Gasteiger partial charge in [-0.05, 0) is 53.3 Å². The predicted molar refractivity (Wildman–Crippen MR) is 146 cm³/mol. The molecule has 10 heteroatoms. The molecule has 1 heterocycles. The molecule has 1 amide bonds. The molecular weight excluding hydrogens is 467 g/mol.